The normalized spacial score (nSPS) is 24.0. The summed E-state index contributed by atoms with van der Waals surface area (Å²) in [7, 11) is 0. The van der Waals surface area contributed by atoms with Crippen LogP contribution in [0.4, 0.5) is 10.5 Å². The van der Waals surface area contributed by atoms with E-state index in [1.165, 1.54) is 5.56 Å². The molecule has 1 spiro atoms. The molecule has 0 unspecified atom stereocenters. The fraction of sp³-hybridized carbons (Fsp3) is 0.636. The van der Waals surface area contributed by atoms with Crippen molar-refractivity contribution >= 4 is 17.6 Å². The Bertz CT molecular complexity index is 751. The monoisotopic (exact) mass is 385 g/mol. The van der Waals surface area contributed by atoms with Gasteiger partial charge in [-0.15, -0.1) is 0 Å². The first-order valence-corrected chi connectivity index (χ1v) is 10.5. The average Bonchev–Trinajstić information content (AvgIpc) is 3.34. The van der Waals surface area contributed by atoms with Crippen LogP contribution in [0.25, 0.3) is 0 Å². The molecule has 3 aliphatic rings. The van der Waals surface area contributed by atoms with Crippen molar-refractivity contribution in [2.75, 3.05) is 44.7 Å². The number of hydrogen-bond donors (Lipinski definition) is 1. The Labute approximate surface area is 167 Å². The summed E-state index contributed by atoms with van der Waals surface area (Å²) in [6.07, 6.45) is 3.88. The number of urea groups is 1. The lowest BCUT2D eigenvalue weighted by Gasteiger charge is -2.38. The zero-order valence-electron chi connectivity index (χ0n) is 17.0. The Hall–Kier alpha value is -2.08. The lowest BCUT2D eigenvalue weighted by atomic mass is 9.71. The van der Waals surface area contributed by atoms with Crippen molar-refractivity contribution in [3.8, 4) is 0 Å². The number of carbonyl (C=O) groups is 2. The quantitative estimate of drug-likeness (QED) is 0.850. The van der Waals surface area contributed by atoms with Gasteiger partial charge in [0.25, 0.3) is 0 Å². The number of benzene rings is 1. The number of hydrogen-bond acceptors (Lipinski definition) is 3. The number of carbonyl (C=O) groups excluding carboxylic acids is 2. The third kappa shape index (κ3) is 3.62. The molecular weight excluding hydrogens is 354 g/mol. The minimum Gasteiger partial charge on any atom is -0.381 e. The van der Waals surface area contributed by atoms with Crippen molar-refractivity contribution < 1.29 is 14.3 Å². The summed E-state index contributed by atoms with van der Waals surface area (Å²) < 4.78 is 5.58. The highest BCUT2D eigenvalue weighted by Gasteiger charge is 2.52. The van der Waals surface area contributed by atoms with Crippen LogP contribution < -0.4 is 5.32 Å². The second-order valence-corrected chi connectivity index (χ2v) is 8.67. The van der Waals surface area contributed by atoms with Crippen LogP contribution in [-0.2, 0) is 9.53 Å². The summed E-state index contributed by atoms with van der Waals surface area (Å²) in [6, 6.07) is 5.85. The Morgan fingerprint density at radius 2 is 1.79 bits per heavy atom. The molecular formula is C22H31N3O3. The third-order valence-corrected chi connectivity index (χ3v) is 6.90. The molecule has 1 N–H and O–H groups in total. The van der Waals surface area contributed by atoms with E-state index >= 15 is 0 Å². The number of ether oxygens (including phenoxy) is 1. The van der Waals surface area contributed by atoms with Crippen molar-refractivity contribution in [3.05, 3.63) is 29.3 Å². The number of aryl methyl sites for hydroxylation is 2. The maximum atomic E-state index is 13.3. The summed E-state index contributed by atoms with van der Waals surface area (Å²) in [5.41, 5.74) is 3.03. The molecule has 0 radical (unpaired) electrons. The van der Waals surface area contributed by atoms with Gasteiger partial charge < -0.3 is 19.9 Å². The zero-order valence-corrected chi connectivity index (χ0v) is 17.0. The van der Waals surface area contributed by atoms with Crippen LogP contribution in [0.15, 0.2) is 18.2 Å². The summed E-state index contributed by atoms with van der Waals surface area (Å²) in [5, 5.41) is 3.03. The highest BCUT2D eigenvalue weighted by molar-refractivity contribution is 5.91. The van der Waals surface area contributed by atoms with E-state index in [4.69, 9.17) is 4.74 Å². The fourth-order valence-corrected chi connectivity index (χ4v) is 4.93. The molecule has 6 nitrogen and oxygen atoms in total. The number of likely N-dealkylation sites (tertiary alicyclic amines) is 2. The first kappa shape index (κ1) is 19.2. The SMILES string of the molecule is Cc1ccc(NC(=O)N2C[C@H](C(=O)N3CCCC3)C3(CCOCC3)C2)cc1C. The summed E-state index contributed by atoms with van der Waals surface area (Å²) in [5.74, 6) is 0.126. The van der Waals surface area contributed by atoms with E-state index in [0.29, 0.717) is 26.3 Å². The van der Waals surface area contributed by atoms with Crippen LogP contribution in [0.3, 0.4) is 0 Å². The van der Waals surface area contributed by atoms with Gasteiger partial charge in [0.1, 0.15) is 0 Å². The second kappa shape index (κ2) is 7.74. The van der Waals surface area contributed by atoms with E-state index in [2.05, 4.69) is 12.2 Å². The van der Waals surface area contributed by atoms with Gasteiger partial charge in [-0.3, -0.25) is 4.79 Å². The highest BCUT2D eigenvalue weighted by Crippen LogP contribution is 2.45. The van der Waals surface area contributed by atoms with Crippen LogP contribution in [0.1, 0.15) is 36.8 Å². The van der Waals surface area contributed by atoms with Gasteiger partial charge in [0, 0.05) is 50.5 Å². The number of nitrogens with one attached hydrogen (secondary N) is 1. The lowest BCUT2D eigenvalue weighted by Crippen LogP contribution is -2.45. The Balaban J connectivity index is 1.50. The number of anilines is 1. The van der Waals surface area contributed by atoms with Gasteiger partial charge in [0.15, 0.2) is 0 Å². The zero-order chi connectivity index (χ0) is 19.7. The van der Waals surface area contributed by atoms with Crippen molar-refractivity contribution in [2.45, 2.75) is 39.5 Å². The Morgan fingerprint density at radius 3 is 2.46 bits per heavy atom. The molecule has 4 rings (SSSR count). The second-order valence-electron chi connectivity index (χ2n) is 8.67. The molecule has 0 aliphatic carbocycles. The molecule has 3 amide bonds. The largest absolute Gasteiger partial charge is 0.381 e. The molecule has 3 heterocycles. The van der Waals surface area contributed by atoms with Crippen molar-refractivity contribution in [3.63, 3.8) is 0 Å². The van der Waals surface area contributed by atoms with Crippen LogP contribution in [0, 0.1) is 25.2 Å². The molecule has 1 aromatic rings. The smallest absolute Gasteiger partial charge is 0.321 e. The first-order chi connectivity index (χ1) is 13.5. The molecule has 0 saturated carbocycles. The highest BCUT2D eigenvalue weighted by atomic mass is 16.5. The first-order valence-electron chi connectivity index (χ1n) is 10.5. The van der Waals surface area contributed by atoms with Gasteiger partial charge in [-0.1, -0.05) is 6.07 Å². The third-order valence-electron chi connectivity index (χ3n) is 6.90. The standard InChI is InChI=1S/C22H31N3O3/c1-16-5-6-18(13-17(16)2)23-21(27)25-14-19(20(26)24-9-3-4-10-24)22(15-25)7-11-28-12-8-22/h5-6,13,19H,3-4,7-12,14-15H2,1-2H3,(H,23,27)/t19-/m1/s1. The topological polar surface area (TPSA) is 61.9 Å². The minimum atomic E-state index is -0.140. The van der Waals surface area contributed by atoms with Crippen molar-refractivity contribution in [1.29, 1.82) is 0 Å². The maximum absolute atomic E-state index is 13.3. The predicted molar refractivity (Wildman–Crippen MR) is 108 cm³/mol. The van der Waals surface area contributed by atoms with E-state index in [-0.39, 0.29) is 23.3 Å². The summed E-state index contributed by atoms with van der Waals surface area (Å²) >= 11 is 0. The van der Waals surface area contributed by atoms with Crippen LogP contribution in [0.2, 0.25) is 0 Å². The van der Waals surface area contributed by atoms with Crippen LogP contribution >= 0.6 is 0 Å². The lowest BCUT2D eigenvalue weighted by molar-refractivity contribution is -0.139. The number of amides is 3. The fourth-order valence-electron chi connectivity index (χ4n) is 4.93. The molecule has 3 saturated heterocycles. The van der Waals surface area contributed by atoms with Crippen molar-refractivity contribution in [2.24, 2.45) is 11.3 Å². The van der Waals surface area contributed by atoms with E-state index in [9.17, 15) is 9.59 Å². The Kier molecular flexibility index (Phi) is 5.32. The minimum absolute atomic E-state index is 0.106. The predicted octanol–water partition coefficient (Wildman–Crippen LogP) is 3.19. The molecule has 3 fully saturated rings. The Morgan fingerprint density at radius 1 is 1.07 bits per heavy atom. The molecule has 1 atom stereocenters. The summed E-state index contributed by atoms with van der Waals surface area (Å²) in [6.45, 7) is 8.32. The number of rotatable bonds is 2. The van der Waals surface area contributed by atoms with Gasteiger partial charge in [0.2, 0.25) is 5.91 Å². The van der Waals surface area contributed by atoms with Crippen LogP contribution in [0.5, 0.6) is 0 Å². The van der Waals surface area contributed by atoms with Gasteiger partial charge >= 0.3 is 6.03 Å². The maximum Gasteiger partial charge on any atom is 0.321 e. The van der Waals surface area contributed by atoms with Gasteiger partial charge in [0.05, 0.1) is 5.92 Å². The van der Waals surface area contributed by atoms with Gasteiger partial charge in [-0.05, 0) is 62.8 Å². The van der Waals surface area contributed by atoms with Gasteiger partial charge in [-0.2, -0.15) is 0 Å². The number of nitrogens with zero attached hydrogens (tertiary/aromatic N) is 2. The van der Waals surface area contributed by atoms with Crippen molar-refractivity contribution in [1.82, 2.24) is 9.80 Å². The van der Waals surface area contributed by atoms with E-state index in [1.54, 1.807) is 0 Å². The molecule has 3 aliphatic heterocycles. The van der Waals surface area contributed by atoms with Crippen LogP contribution in [-0.4, -0.2) is 61.1 Å². The molecule has 28 heavy (non-hydrogen) atoms. The summed E-state index contributed by atoms with van der Waals surface area (Å²) in [4.78, 5) is 30.1. The molecule has 6 heteroatoms. The molecule has 152 valence electrons. The molecule has 1 aromatic carbocycles. The van der Waals surface area contributed by atoms with E-state index in [1.807, 2.05) is 34.9 Å². The molecule has 0 aromatic heterocycles. The van der Waals surface area contributed by atoms with E-state index < -0.39 is 0 Å². The van der Waals surface area contributed by atoms with E-state index in [0.717, 1.165) is 50.0 Å². The average molecular weight is 386 g/mol. The molecule has 0 bridgehead atoms. The van der Waals surface area contributed by atoms with Gasteiger partial charge in [-0.25, -0.2) is 4.79 Å².